The number of nitrogens with one attached hydrogen (secondary N) is 1. The molecule has 0 spiro atoms. The summed E-state index contributed by atoms with van der Waals surface area (Å²) in [6, 6.07) is 8.12. The monoisotopic (exact) mass is 416 g/mol. The number of amides is 1. The van der Waals surface area contributed by atoms with Gasteiger partial charge in [0.1, 0.15) is 10.7 Å². The molecule has 0 atom stereocenters. The predicted octanol–water partition coefficient (Wildman–Crippen LogP) is 3.30. The molecule has 1 aromatic carbocycles. The van der Waals surface area contributed by atoms with Crippen molar-refractivity contribution in [3.8, 4) is 0 Å². The molecule has 1 fully saturated rings. The van der Waals surface area contributed by atoms with Crippen molar-refractivity contribution in [3.63, 3.8) is 0 Å². The average Bonchev–Trinajstić information content (AvgIpc) is 3.13. The molecule has 3 rings (SSSR count). The van der Waals surface area contributed by atoms with Gasteiger partial charge in [-0.05, 0) is 37.1 Å². The standard InChI is InChI=1S/C17H18Cl2N2O4S/c18-14-4-1-5-15(19)16(14)26(23,24)21-8-6-12(7-9-21)17(22)20-11-13-3-2-10-25-13/h1-5,10,12H,6-9,11H2,(H,20,22). The van der Waals surface area contributed by atoms with Crippen LogP contribution in [0.25, 0.3) is 0 Å². The van der Waals surface area contributed by atoms with E-state index in [9.17, 15) is 13.2 Å². The maximum Gasteiger partial charge on any atom is 0.246 e. The van der Waals surface area contributed by atoms with Gasteiger partial charge in [-0.3, -0.25) is 4.79 Å². The first-order chi connectivity index (χ1) is 12.4. The Hall–Kier alpha value is -1.54. The minimum absolute atomic E-state index is 0.0796. The molecule has 1 saturated heterocycles. The Bertz CT molecular complexity index is 856. The van der Waals surface area contributed by atoms with E-state index in [1.807, 2.05) is 0 Å². The van der Waals surface area contributed by atoms with Crippen LogP contribution in [-0.2, 0) is 21.4 Å². The molecule has 1 aliphatic heterocycles. The lowest BCUT2D eigenvalue weighted by Gasteiger charge is -2.30. The van der Waals surface area contributed by atoms with Crippen molar-refractivity contribution in [2.24, 2.45) is 5.92 Å². The Morgan fingerprint density at radius 2 is 1.81 bits per heavy atom. The molecule has 0 aliphatic carbocycles. The summed E-state index contributed by atoms with van der Waals surface area (Å²) in [4.78, 5) is 12.2. The van der Waals surface area contributed by atoms with Crippen molar-refractivity contribution < 1.29 is 17.6 Å². The molecule has 6 nitrogen and oxygen atoms in total. The lowest BCUT2D eigenvalue weighted by molar-refractivity contribution is -0.126. The molecule has 1 aromatic heterocycles. The van der Waals surface area contributed by atoms with Gasteiger partial charge in [-0.25, -0.2) is 8.42 Å². The summed E-state index contributed by atoms with van der Waals surface area (Å²) in [7, 11) is -3.80. The summed E-state index contributed by atoms with van der Waals surface area (Å²) in [5.41, 5.74) is 0. The fourth-order valence-corrected chi connectivity index (χ4v) is 5.51. The van der Waals surface area contributed by atoms with Crippen LogP contribution in [0.5, 0.6) is 0 Å². The molecule has 0 saturated carbocycles. The number of carbonyl (C=O) groups excluding carboxylic acids is 1. The topological polar surface area (TPSA) is 79.6 Å². The third-order valence-electron chi connectivity index (χ3n) is 4.36. The Balaban J connectivity index is 1.62. The molecule has 1 amide bonds. The minimum atomic E-state index is -3.80. The lowest BCUT2D eigenvalue weighted by atomic mass is 9.97. The largest absolute Gasteiger partial charge is 0.467 e. The molecule has 2 aromatic rings. The van der Waals surface area contributed by atoms with Gasteiger partial charge in [0, 0.05) is 19.0 Å². The molecule has 9 heteroatoms. The second-order valence-electron chi connectivity index (χ2n) is 6.03. The molecule has 0 bridgehead atoms. The Morgan fingerprint density at radius 1 is 1.15 bits per heavy atom. The minimum Gasteiger partial charge on any atom is -0.467 e. The summed E-state index contributed by atoms with van der Waals surface area (Å²) in [6.45, 7) is 0.797. The highest BCUT2D eigenvalue weighted by Crippen LogP contribution is 2.33. The number of benzene rings is 1. The quantitative estimate of drug-likeness (QED) is 0.810. The zero-order chi connectivity index (χ0) is 18.7. The number of halogens is 2. The van der Waals surface area contributed by atoms with Crippen LogP contribution in [0.3, 0.4) is 0 Å². The number of furan rings is 1. The van der Waals surface area contributed by atoms with Gasteiger partial charge in [0.25, 0.3) is 0 Å². The van der Waals surface area contributed by atoms with Gasteiger partial charge in [-0.1, -0.05) is 29.3 Å². The Labute approximate surface area is 162 Å². The third kappa shape index (κ3) is 4.06. The molecule has 0 radical (unpaired) electrons. The number of piperidine rings is 1. The van der Waals surface area contributed by atoms with Gasteiger partial charge in [-0.2, -0.15) is 4.31 Å². The van der Waals surface area contributed by atoms with Crippen molar-refractivity contribution >= 4 is 39.1 Å². The van der Waals surface area contributed by atoms with E-state index in [-0.39, 0.29) is 39.9 Å². The molecule has 0 unspecified atom stereocenters. The van der Waals surface area contributed by atoms with Gasteiger partial charge < -0.3 is 9.73 Å². The first kappa shape index (κ1) is 19.2. The van der Waals surface area contributed by atoms with E-state index in [0.717, 1.165) is 0 Å². The van der Waals surface area contributed by atoms with Gasteiger partial charge in [0.15, 0.2) is 0 Å². The van der Waals surface area contributed by atoms with Gasteiger partial charge in [0.05, 0.1) is 22.9 Å². The Morgan fingerprint density at radius 3 is 2.38 bits per heavy atom. The summed E-state index contributed by atoms with van der Waals surface area (Å²) in [5.74, 6) is 0.332. The molecule has 1 aliphatic rings. The molecular formula is C17H18Cl2N2O4S. The van der Waals surface area contributed by atoms with Crippen LogP contribution < -0.4 is 5.32 Å². The van der Waals surface area contributed by atoms with Crippen molar-refractivity contribution in [3.05, 3.63) is 52.4 Å². The van der Waals surface area contributed by atoms with E-state index in [0.29, 0.717) is 25.1 Å². The van der Waals surface area contributed by atoms with Crippen LogP contribution in [0.15, 0.2) is 45.9 Å². The highest BCUT2D eigenvalue weighted by molar-refractivity contribution is 7.89. The fraction of sp³-hybridized carbons (Fsp3) is 0.353. The second-order valence-corrected chi connectivity index (χ2v) is 8.72. The summed E-state index contributed by atoms with van der Waals surface area (Å²) >= 11 is 12.1. The number of nitrogens with zero attached hydrogens (tertiary/aromatic N) is 1. The summed E-state index contributed by atoms with van der Waals surface area (Å²) < 4.78 is 32.2. The van der Waals surface area contributed by atoms with E-state index < -0.39 is 10.0 Å². The first-order valence-electron chi connectivity index (χ1n) is 8.14. The maximum atomic E-state index is 12.8. The smallest absolute Gasteiger partial charge is 0.246 e. The number of carbonyl (C=O) groups is 1. The molecule has 140 valence electrons. The first-order valence-corrected chi connectivity index (χ1v) is 10.3. The Kier molecular flexibility index (Phi) is 5.92. The maximum absolute atomic E-state index is 12.8. The normalized spacial score (nSPS) is 16.5. The SMILES string of the molecule is O=C(NCc1ccco1)C1CCN(S(=O)(=O)c2c(Cl)cccc2Cl)CC1. The van der Waals surface area contributed by atoms with Gasteiger partial charge >= 0.3 is 0 Å². The predicted molar refractivity (Wildman–Crippen MR) is 98.5 cm³/mol. The highest BCUT2D eigenvalue weighted by atomic mass is 35.5. The molecular weight excluding hydrogens is 399 g/mol. The fourth-order valence-electron chi connectivity index (χ4n) is 2.95. The van der Waals surface area contributed by atoms with Gasteiger partial charge in [-0.15, -0.1) is 0 Å². The zero-order valence-electron chi connectivity index (χ0n) is 13.8. The highest BCUT2D eigenvalue weighted by Gasteiger charge is 2.34. The van der Waals surface area contributed by atoms with Crippen LogP contribution in [0.4, 0.5) is 0 Å². The van der Waals surface area contributed by atoms with E-state index in [1.165, 1.54) is 16.4 Å². The van der Waals surface area contributed by atoms with E-state index in [4.69, 9.17) is 27.6 Å². The summed E-state index contributed by atoms with van der Waals surface area (Å²) in [5, 5.41) is 3.00. The molecule has 2 heterocycles. The van der Waals surface area contributed by atoms with E-state index in [2.05, 4.69) is 5.32 Å². The van der Waals surface area contributed by atoms with Crippen molar-refractivity contribution in [1.29, 1.82) is 0 Å². The van der Waals surface area contributed by atoms with Crippen LogP contribution >= 0.6 is 23.2 Å². The number of sulfonamides is 1. The molecule has 1 N–H and O–H groups in total. The average molecular weight is 417 g/mol. The van der Waals surface area contributed by atoms with Crippen LogP contribution in [0.1, 0.15) is 18.6 Å². The van der Waals surface area contributed by atoms with Crippen LogP contribution in [0, 0.1) is 5.92 Å². The van der Waals surface area contributed by atoms with Crippen molar-refractivity contribution in [2.75, 3.05) is 13.1 Å². The van der Waals surface area contributed by atoms with Crippen molar-refractivity contribution in [1.82, 2.24) is 9.62 Å². The molecule has 26 heavy (non-hydrogen) atoms. The second kappa shape index (κ2) is 8.00. The zero-order valence-corrected chi connectivity index (χ0v) is 16.1. The van der Waals surface area contributed by atoms with E-state index in [1.54, 1.807) is 24.5 Å². The number of rotatable bonds is 5. The number of hydrogen-bond donors (Lipinski definition) is 1. The summed E-state index contributed by atoms with van der Waals surface area (Å²) in [6.07, 6.45) is 2.42. The lowest BCUT2D eigenvalue weighted by Crippen LogP contribution is -2.43. The van der Waals surface area contributed by atoms with Crippen LogP contribution in [0.2, 0.25) is 10.0 Å². The van der Waals surface area contributed by atoms with Gasteiger partial charge in [0.2, 0.25) is 15.9 Å². The third-order valence-corrected chi connectivity index (χ3v) is 7.21. The van der Waals surface area contributed by atoms with E-state index >= 15 is 0 Å². The van der Waals surface area contributed by atoms with Crippen LogP contribution in [-0.4, -0.2) is 31.7 Å². The number of hydrogen-bond acceptors (Lipinski definition) is 4. The van der Waals surface area contributed by atoms with Crippen molar-refractivity contribution in [2.45, 2.75) is 24.3 Å².